The van der Waals surface area contributed by atoms with Gasteiger partial charge in [-0.2, -0.15) is 0 Å². The highest BCUT2D eigenvalue weighted by molar-refractivity contribution is 7.92. The summed E-state index contributed by atoms with van der Waals surface area (Å²) in [6.07, 6.45) is 0. The van der Waals surface area contributed by atoms with E-state index in [0.717, 1.165) is 17.2 Å². The number of hydrogen-bond donors (Lipinski definition) is 2. The van der Waals surface area contributed by atoms with Gasteiger partial charge in [-0.3, -0.25) is 19.6 Å². The van der Waals surface area contributed by atoms with Crippen molar-refractivity contribution in [3.63, 3.8) is 0 Å². The molecule has 178 valence electrons. The molecule has 0 aliphatic carbocycles. The van der Waals surface area contributed by atoms with Gasteiger partial charge in [0.25, 0.3) is 21.6 Å². The molecule has 0 aliphatic heterocycles. The predicted octanol–water partition coefficient (Wildman–Crippen LogP) is 3.48. The number of non-ortho nitro benzene ring substituents is 1. The smallest absolute Gasteiger partial charge is 0.271 e. The molecule has 0 atom stereocenters. The van der Waals surface area contributed by atoms with Crippen molar-refractivity contribution in [1.82, 2.24) is 5.32 Å². The number of ether oxygens (including phenoxy) is 2. The maximum absolute atomic E-state index is 12.8. The fourth-order valence-corrected chi connectivity index (χ4v) is 4.22. The Bertz CT molecular complexity index is 1290. The van der Waals surface area contributed by atoms with E-state index in [9.17, 15) is 23.3 Å². The molecule has 0 saturated carbocycles. The second-order valence-corrected chi connectivity index (χ2v) is 8.89. The molecule has 2 N–H and O–H groups in total. The highest BCUT2D eigenvalue weighted by Crippen LogP contribution is 2.30. The third kappa shape index (κ3) is 6.09. The lowest BCUT2D eigenvalue weighted by molar-refractivity contribution is -0.384. The number of nitro benzene ring substituents is 1. The fourth-order valence-electron chi connectivity index (χ4n) is 3.16. The van der Waals surface area contributed by atoms with Gasteiger partial charge in [0, 0.05) is 31.4 Å². The number of nitro groups is 1. The Morgan fingerprint density at radius 2 is 1.71 bits per heavy atom. The van der Waals surface area contributed by atoms with Crippen LogP contribution in [0, 0.1) is 10.1 Å². The Labute approximate surface area is 196 Å². The lowest BCUT2D eigenvalue weighted by Crippen LogP contribution is -2.23. The molecule has 11 heteroatoms. The van der Waals surface area contributed by atoms with E-state index < -0.39 is 14.9 Å². The van der Waals surface area contributed by atoms with Gasteiger partial charge in [0.15, 0.2) is 0 Å². The van der Waals surface area contributed by atoms with Crippen LogP contribution in [0.15, 0.2) is 71.6 Å². The molecular weight excluding hydrogens is 462 g/mol. The van der Waals surface area contributed by atoms with E-state index >= 15 is 0 Å². The third-order valence-corrected chi connectivity index (χ3v) is 6.20. The van der Waals surface area contributed by atoms with E-state index in [4.69, 9.17) is 9.47 Å². The monoisotopic (exact) mass is 485 g/mol. The summed E-state index contributed by atoms with van der Waals surface area (Å²) in [6, 6.07) is 16.5. The van der Waals surface area contributed by atoms with Gasteiger partial charge in [0.1, 0.15) is 5.75 Å². The number of nitrogens with one attached hydrogen (secondary N) is 2. The maximum Gasteiger partial charge on any atom is 0.271 e. The topological polar surface area (TPSA) is 137 Å². The molecule has 3 aromatic rings. The Morgan fingerprint density at radius 1 is 1.00 bits per heavy atom. The molecule has 0 spiro atoms. The van der Waals surface area contributed by atoms with E-state index in [2.05, 4.69) is 10.0 Å². The minimum Gasteiger partial charge on any atom is -0.495 e. The summed E-state index contributed by atoms with van der Waals surface area (Å²) in [4.78, 5) is 22.7. The van der Waals surface area contributed by atoms with Crippen molar-refractivity contribution in [3.05, 3.63) is 93.5 Å². The van der Waals surface area contributed by atoms with Crippen LogP contribution >= 0.6 is 0 Å². The Balaban J connectivity index is 1.71. The molecule has 3 rings (SSSR count). The number of anilines is 1. The van der Waals surface area contributed by atoms with Crippen LogP contribution in [0.2, 0.25) is 0 Å². The standard InChI is InChI=1S/C23H23N3O7S/c1-32-15-17-5-3-4-16(12-17)14-24-23(27)18-6-9-20(10-7-18)34(30,31)25-21-13-19(26(28)29)8-11-22(21)33-2/h3-13,25H,14-15H2,1-2H3,(H,24,27). The molecule has 0 heterocycles. The van der Waals surface area contributed by atoms with E-state index in [1.54, 1.807) is 7.11 Å². The van der Waals surface area contributed by atoms with Crippen LogP contribution in [0.3, 0.4) is 0 Å². The number of rotatable bonds is 10. The van der Waals surface area contributed by atoms with Crippen LogP contribution in [0.4, 0.5) is 11.4 Å². The van der Waals surface area contributed by atoms with Crippen LogP contribution in [0.5, 0.6) is 5.75 Å². The molecule has 0 fully saturated rings. The minimum absolute atomic E-state index is 0.0748. The predicted molar refractivity (Wildman–Crippen MR) is 125 cm³/mol. The molecule has 0 saturated heterocycles. The Morgan fingerprint density at radius 3 is 2.35 bits per heavy atom. The quantitative estimate of drug-likeness (QED) is 0.331. The van der Waals surface area contributed by atoms with Gasteiger partial charge < -0.3 is 14.8 Å². The fraction of sp³-hybridized carbons (Fsp3) is 0.174. The van der Waals surface area contributed by atoms with Gasteiger partial charge in [-0.05, 0) is 41.5 Å². The minimum atomic E-state index is -4.09. The van der Waals surface area contributed by atoms with E-state index in [0.29, 0.717) is 13.2 Å². The summed E-state index contributed by atoms with van der Waals surface area (Å²) in [5.41, 5.74) is 1.79. The first-order chi connectivity index (χ1) is 16.2. The second-order valence-electron chi connectivity index (χ2n) is 7.21. The Kier molecular flexibility index (Phi) is 7.82. The van der Waals surface area contributed by atoms with Gasteiger partial charge >= 0.3 is 0 Å². The van der Waals surface area contributed by atoms with Gasteiger partial charge in [-0.25, -0.2) is 8.42 Å². The average molecular weight is 486 g/mol. The van der Waals surface area contributed by atoms with E-state index in [1.165, 1.54) is 43.5 Å². The van der Waals surface area contributed by atoms with E-state index in [1.807, 2.05) is 24.3 Å². The van der Waals surface area contributed by atoms with Crippen molar-refractivity contribution >= 4 is 27.3 Å². The zero-order valence-electron chi connectivity index (χ0n) is 18.5. The van der Waals surface area contributed by atoms with Crippen LogP contribution in [-0.4, -0.2) is 33.5 Å². The molecule has 1 amide bonds. The summed E-state index contributed by atoms with van der Waals surface area (Å²) in [6.45, 7) is 0.762. The first-order valence-corrected chi connectivity index (χ1v) is 11.5. The van der Waals surface area contributed by atoms with Crippen LogP contribution in [0.25, 0.3) is 0 Å². The molecular formula is C23H23N3O7S. The maximum atomic E-state index is 12.8. The summed E-state index contributed by atoms with van der Waals surface area (Å²) in [5.74, 6) is -0.242. The lowest BCUT2D eigenvalue weighted by atomic mass is 10.1. The van der Waals surface area contributed by atoms with Crippen molar-refractivity contribution in [3.8, 4) is 5.75 Å². The van der Waals surface area contributed by atoms with Crippen molar-refractivity contribution in [1.29, 1.82) is 0 Å². The molecule has 0 unspecified atom stereocenters. The molecule has 0 aliphatic rings. The lowest BCUT2D eigenvalue weighted by Gasteiger charge is -2.12. The van der Waals surface area contributed by atoms with Crippen LogP contribution in [0.1, 0.15) is 21.5 Å². The molecule has 3 aromatic carbocycles. The largest absolute Gasteiger partial charge is 0.495 e. The second kappa shape index (κ2) is 10.8. The highest BCUT2D eigenvalue weighted by atomic mass is 32.2. The number of methoxy groups -OCH3 is 2. The van der Waals surface area contributed by atoms with Crippen molar-refractivity contribution in [2.75, 3.05) is 18.9 Å². The zero-order chi connectivity index (χ0) is 24.7. The summed E-state index contributed by atoms with van der Waals surface area (Å²) >= 11 is 0. The highest BCUT2D eigenvalue weighted by Gasteiger charge is 2.20. The first kappa shape index (κ1) is 24.7. The Hall–Kier alpha value is -3.96. The number of carbonyl (C=O) groups excluding carboxylic acids is 1. The van der Waals surface area contributed by atoms with Crippen molar-refractivity contribution < 1.29 is 27.6 Å². The van der Waals surface area contributed by atoms with Gasteiger partial charge in [0.05, 0.1) is 29.2 Å². The average Bonchev–Trinajstić information content (AvgIpc) is 2.83. The van der Waals surface area contributed by atoms with Crippen molar-refractivity contribution in [2.45, 2.75) is 18.0 Å². The van der Waals surface area contributed by atoms with Crippen LogP contribution < -0.4 is 14.8 Å². The van der Waals surface area contributed by atoms with Crippen LogP contribution in [-0.2, 0) is 27.9 Å². The summed E-state index contributed by atoms with van der Waals surface area (Å²) in [7, 11) is -1.17. The first-order valence-electron chi connectivity index (χ1n) is 10.0. The zero-order valence-corrected chi connectivity index (χ0v) is 19.3. The third-order valence-electron chi connectivity index (χ3n) is 4.82. The number of hydrogen-bond acceptors (Lipinski definition) is 7. The molecule has 10 nitrogen and oxygen atoms in total. The molecule has 0 radical (unpaired) electrons. The molecule has 34 heavy (non-hydrogen) atoms. The SMILES string of the molecule is COCc1cccc(CNC(=O)c2ccc(S(=O)(=O)Nc3cc([N+](=O)[O-])ccc3OC)cc2)c1. The summed E-state index contributed by atoms with van der Waals surface area (Å²) < 4.78 is 38.0. The van der Waals surface area contributed by atoms with E-state index in [-0.39, 0.29) is 33.5 Å². The van der Waals surface area contributed by atoms with Gasteiger partial charge in [0.2, 0.25) is 0 Å². The normalized spacial score (nSPS) is 11.0. The molecule has 0 aromatic heterocycles. The number of carbonyl (C=O) groups is 1. The van der Waals surface area contributed by atoms with Crippen molar-refractivity contribution in [2.24, 2.45) is 0 Å². The van der Waals surface area contributed by atoms with Gasteiger partial charge in [-0.1, -0.05) is 24.3 Å². The number of sulfonamides is 1. The van der Waals surface area contributed by atoms with Gasteiger partial charge in [-0.15, -0.1) is 0 Å². The number of amides is 1. The molecule has 0 bridgehead atoms. The summed E-state index contributed by atoms with van der Waals surface area (Å²) in [5, 5.41) is 13.8. The number of nitrogens with zero attached hydrogens (tertiary/aromatic N) is 1. The number of benzene rings is 3.